The molecule has 2 bridgehead atoms. The maximum absolute atomic E-state index is 3.50. The number of piperazine rings is 1. The van der Waals surface area contributed by atoms with Crippen LogP contribution in [0.5, 0.6) is 0 Å². The fraction of sp³-hybridized carbons (Fsp3) is 1.00. The molecule has 3 rings (SSSR count). The highest BCUT2D eigenvalue weighted by Gasteiger charge is 2.35. The average molecular weight is 126 g/mol. The van der Waals surface area contributed by atoms with Gasteiger partial charge in [-0.25, -0.2) is 0 Å². The molecule has 0 aromatic rings. The Morgan fingerprint density at radius 2 is 2.00 bits per heavy atom. The Balaban J connectivity index is 1.89. The van der Waals surface area contributed by atoms with Crippen LogP contribution in [-0.4, -0.2) is 36.6 Å². The summed E-state index contributed by atoms with van der Waals surface area (Å²) in [5.74, 6) is 0. The molecule has 2 nitrogen and oxygen atoms in total. The fourth-order valence-corrected chi connectivity index (χ4v) is 1.86. The molecule has 2 heteroatoms. The maximum atomic E-state index is 3.50. The van der Waals surface area contributed by atoms with Gasteiger partial charge >= 0.3 is 0 Å². The highest BCUT2D eigenvalue weighted by atomic mass is 15.2. The van der Waals surface area contributed by atoms with Gasteiger partial charge in [-0.3, -0.25) is 0 Å². The number of piperidine rings is 1. The number of nitrogens with one attached hydrogen (secondary N) is 1. The second kappa shape index (κ2) is 1.96. The summed E-state index contributed by atoms with van der Waals surface area (Å²) in [5.41, 5.74) is 0. The van der Waals surface area contributed by atoms with Gasteiger partial charge in [-0.1, -0.05) is 6.92 Å². The third-order valence-electron chi connectivity index (χ3n) is 2.44. The van der Waals surface area contributed by atoms with Crippen molar-refractivity contribution < 1.29 is 0 Å². The molecule has 0 amide bonds. The quantitative estimate of drug-likeness (QED) is 0.534. The van der Waals surface area contributed by atoms with Crippen LogP contribution in [0.3, 0.4) is 0 Å². The summed E-state index contributed by atoms with van der Waals surface area (Å²) < 4.78 is 0. The molecular formula is C7H14N2. The number of hydrogen-bond donors (Lipinski definition) is 1. The van der Waals surface area contributed by atoms with E-state index in [0.29, 0.717) is 0 Å². The van der Waals surface area contributed by atoms with Crippen LogP contribution in [0.25, 0.3) is 0 Å². The third-order valence-corrected chi connectivity index (χ3v) is 2.44. The predicted octanol–water partition coefficient (Wildman–Crippen LogP) is 0.0524. The monoisotopic (exact) mass is 126 g/mol. The topological polar surface area (TPSA) is 15.3 Å². The Bertz CT molecular complexity index is 97.5. The lowest BCUT2D eigenvalue weighted by Crippen LogP contribution is -2.66. The van der Waals surface area contributed by atoms with E-state index in [9.17, 15) is 0 Å². The molecule has 3 fully saturated rings. The third kappa shape index (κ3) is 0.864. The minimum atomic E-state index is 0.837. The fourth-order valence-electron chi connectivity index (χ4n) is 1.86. The van der Waals surface area contributed by atoms with E-state index in [2.05, 4.69) is 17.1 Å². The summed E-state index contributed by atoms with van der Waals surface area (Å²) >= 11 is 0. The van der Waals surface area contributed by atoms with Gasteiger partial charge in [0, 0.05) is 25.2 Å². The second-order valence-corrected chi connectivity index (χ2v) is 3.15. The first-order chi connectivity index (χ1) is 4.38. The zero-order valence-electron chi connectivity index (χ0n) is 5.93. The summed E-state index contributed by atoms with van der Waals surface area (Å²) in [5, 5.41) is 3.50. The molecule has 0 radical (unpaired) electrons. The van der Waals surface area contributed by atoms with Crippen LogP contribution in [0.1, 0.15) is 13.3 Å². The van der Waals surface area contributed by atoms with Gasteiger partial charge in [-0.05, 0) is 13.0 Å². The average Bonchev–Trinajstić information content (AvgIpc) is 1.87. The molecule has 0 saturated carbocycles. The molecular weight excluding hydrogens is 112 g/mol. The largest absolute Gasteiger partial charge is 0.309 e. The molecule has 3 aliphatic heterocycles. The predicted molar refractivity (Wildman–Crippen MR) is 37.4 cm³/mol. The van der Waals surface area contributed by atoms with Crippen molar-refractivity contribution >= 4 is 0 Å². The normalized spacial score (nSPS) is 42.3. The van der Waals surface area contributed by atoms with Gasteiger partial charge in [-0.15, -0.1) is 0 Å². The summed E-state index contributed by atoms with van der Waals surface area (Å²) in [4.78, 5) is 2.52. The van der Waals surface area contributed by atoms with Crippen LogP contribution in [0.2, 0.25) is 0 Å². The van der Waals surface area contributed by atoms with E-state index in [1.807, 2.05) is 0 Å². The zero-order valence-corrected chi connectivity index (χ0v) is 5.93. The molecule has 0 aromatic carbocycles. The minimum absolute atomic E-state index is 0.837. The lowest BCUT2D eigenvalue weighted by molar-refractivity contribution is 0.0823. The number of fused-ring (bicyclic) bond motifs is 2. The lowest BCUT2D eigenvalue weighted by Gasteiger charge is -2.48. The van der Waals surface area contributed by atoms with Gasteiger partial charge in [-0.2, -0.15) is 0 Å². The lowest BCUT2D eigenvalue weighted by atomic mass is 9.91. The smallest absolute Gasteiger partial charge is 0.0213 e. The van der Waals surface area contributed by atoms with Crippen LogP contribution in [-0.2, 0) is 0 Å². The molecule has 0 aromatic heterocycles. The first-order valence-electron chi connectivity index (χ1n) is 3.87. The molecule has 3 saturated heterocycles. The Morgan fingerprint density at radius 1 is 1.44 bits per heavy atom. The van der Waals surface area contributed by atoms with Crippen LogP contribution in [0, 0.1) is 0 Å². The highest BCUT2D eigenvalue weighted by Crippen LogP contribution is 2.19. The van der Waals surface area contributed by atoms with Crippen molar-refractivity contribution in [3.8, 4) is 0 Å². The van der Waals surface area contributed by atoms with Crippen LogP contribution < -0.4 is 5.32 Å². The van der Waals surface area contributed by atoms with Crippen LogP contribution in [0.15, 0.2) is 0 Å². The molecule has 2 atom stereocenters. The number of hydrogen-bond acceptors (Lipinski definition) is 2. The van der Waals surface area contributed by atoms with Gasteiger partial charge < -0.3 is 10.2 Å². The van der Waals surface area contributed by atoms with Crippen LogP contribution >= 0.6 is 0 Å². The zero-order chi connectivity index (χ0) is 6.27. The number of rotatable bonds is 1. The van der Waals surface area contributed by atoms with E-state index >= 15 is 0 Å². The van der Waals surface area contributed by atoms with E-state index in [0.717, 1.165) is 12.1 Å². The van der Waals surface area contributed by atoms with E-state index in [4.69, 9.17) is 0 Å². The maximum Gasteiger partial charge on any atom is 0.0213 e. The second-order valence-electron chi connectivity index (χ2n) is 3.15. The number of nitrogens with zero attached hydrogens (tertiary/aromatic N) is 1. The minimum Gasteiger partial charge on any atom is -0.309 e. The van der Waals surface area contributed by atoms with Crippen molar-refractivity contribution in [2.45, 2.75) is 25.4 Å². The molecule has 1 N–H and O–H groups in total. The molecule has 2 unspecified atom stereocenters. The van der Waals surface area contributed by atoms with Gasteiger partial charge in [0.25, 0.3) is 0 Å². The molecule has 9 heavy (non-hydrogen) atoms. The molecule has 3 heterocycles. The van der Waals surface area contributed by atoms with Crippen molar-refractivity contribution in [3.63, 3.8) is 0 Å². The Kier molecular flexibility index (Phi) is 1.24. The van der Waals surface area contributed by atoms with Crippen molar-refractivity contribution in [2.75, 3.05) is 19.6 Å². The van der Waals surface area contributed by atoms with Crippen molar-refractivity contribution in [2.24, 2.45) is 0 Å². The first kappa shape index (κ1) is 5.69. The summed E-state index contributed by atoms with van der Waals surface area (Å²) in [6.07, 6.45) is 1.43. The van der Waals surface area contributed by atoms with Crippen molar-refractivity contribution in [3.05, 3.63) is 0 Å². The summed E-state index contributed by atoms with van der Waals surface area (Å²) in [7, 11) is 0. The van der Waals surface area contributed by atoms with E-state index in [1.165, 1.54) is 26.1 Å². The highest BCUT2D eigenvalue weighted by molar-refractivity contribution is 4.97. The van der Waals surface area contributed by atoms with Gasteiger partial charge in [0.15, 0.2) is 0 Å². The van der Waals surface area contributed by atoms with E-state index < -0.39 is 0 Å². The summed E-state index contributed by atoms with van der Waals surface area (Å²) in [6, 6.07) is 1.67. The van der Waals surface area contributed by atoms with Gasteiger partial charge in [0.1, 0.15) is 0 Å². The molecule has 0 aliphatic carbocycles. The molecule has 52 valence electrons. The van der Waals surface area contributed by atoms with Crippen molar-refractivity contribution in [1.29, 1.82) is 0 Å². The first-order valence-corrected chi connectivity index (χ1v) is 3.87. The SMILES string of the molecule is CCN1CC2CC(C1)N2. The van der Waals surface area contributed by atoms with Gasteiger partial charge in [0.05, 0.1) is 0 Å². The Labute approximate surface area is 56.2 Å². The van der Waals surface area contributed by atoms with Gasteiger partial charge in [0.2, 0.25) is 0 Å². The van der Waals surface area contributed by atoms with E-state index in [-0.39, 0.29) is 0 Å². The van der Waals surface area contributed by atoms with Crippen molar-refractivity contribution in [1.82, 2.24) is 10.2 Å². The summed E-state index contributed by atoms with van der Waals surface area (Å²) in [6.45, 7) is 6.04. The standard InChI is InChI=1S/C7H14N2/c1-2-9-4-6-3-7(5-9)8-6/h6-8H,2-5H2,1H3. The molecule has 0 spiro atoms. The molecule has 3 aliphatic rings. The van der Waals surface area contributed by atoms with E-state index in [1.54, 1.807) is 0 Å². The Hall–Kier alpha value is -0.0800. The number of likely N-dealkylation sites (N-methyl/N-ethyl adjacent to an activating group) is 1. The van der Waals surface area contributed by atoms with Crippen LogP contribution in [0.4, 0.5) is 0 Å². The Morgan fingerprint density at radius 3 is 2.33 bits per heavy atom.